The van der Waals surface area contributed by atoms with Crippen molar-refractivity contribution in [3.05, 3.63) is 20.8 Å². The second kappa shape index (κ2) is 7.39. The molecule has 0 saturated heterocycles. The molecule has 1 unspecified atom stereocenters. The molecule has 0 aliphatic heterocycles. The maximum absolute atomic E-state index is 6.03. The standard InChI is InChI=1S/C11H18BrNOS/c1-2-14-7-3-4-9(13)8-10-5-6-11(12)15-10/h5-6,9H,2-4,7-8,13H2,1H3. The SMILES string of the molecule is CCOCCCC(N)Cc1ccc(Br)s1. The number of ether oxygens (including phenoxy) is 1. The van der Waals surface area contributed by atoms with Crippen molar-refractivity contribution < 1.29 is 4.74 Å². The third kappa shape index (κ3) is 5.66. The molecule has 15 heavy (non-hydrogen) atoms. The van der Waals surface area contributed by atoms with Crippen LogP contribution in [0.1, 0.15) is 24.6 Å². The van der Waals surface area contributed by atoms with E-state index in [0.29, 0.717) is 0 Å². The number of hydrogen-bond donors (Lipinski definition) is 1. The van der Waals surface area contributed by atoms with Gasteiger partial charge in [0.2, 0.25) is 0 Å². The molecule has 0 saturated carbocycles. The maximum atomic E-state index is 6.03. The minimum Gasteiger partial charge on any atom is -0.382 e. The third-order valence-electron chi connectivity index (χ3n) is 2.16. The predicted octanol–water partition coefficient (Wildman–Crippen LogP) is 3.20. The van der Waals surface area contributed by atoms with Gasteiger partial charge in [0.1, 0.15) is 0 Å². The van der Waals surface area contributed by atoms with Crippen LogP contribution in [-0.4, -0.2) is 19.3 Å². The fraction of sp³-hybridized carbons (Fsp3) is 0.636. The number of rotatable bonds is 7. The van der Waals surface area contributed by atoms with Gasteiger partial charge >= 0.3 is 0 Å². The fourth-order valence-electron chi connectivity index (χ4n) is 1.41. The molecule has 2 nitrogen and oxygen atoms in total. The van der Waals surface area contributed by atoms with Crippen molar-refractivity contribution in [3.8, 4) is 0 Å². The molecule has 86 valence electrons. The first kappa shape index (κ1) is 13.2. The van der Waals surface area contributed by atoms with Crippen molar-refractivity contribution in [2.24, 2.45) is 5.73 Å². The second-order valence-electron chi connectivity index (χ2n) is 3.51. The molecule has 1 aromatic heterocycles. The Balaban J connectivity index is 2.15. The van der Waals surface area contributed by atoms with Gasteiger partial charge in [-0.15, -0.1) is 11.3 Å². The van der Waals surface area contributed by atoms with E-state index in [9.17, 15) is 0 Å². The third-order valence-corrected chi connectivity index (χ3v) is 3.81. The summed E-state index contributed by atoms with van der Waals surface area (Å²) in [6.45, 7) is 3.65. The van der Waals surface area contributed by atoms with Crippen LogP contribution in [0.2, 0.25) is 0 Å². The molecule has 4 heteroatoms. The van der Waals surface area contributed by atoms with Gasteiger partial charge < -0.3 is 10.5 Å². The van der Waals surface area contributed by atoms with Crippen LogP contribution >= 0.6 is 27.3 Å². The molecule has 1 rings (SSSR count). The van der Waals surface area contributed by atoms with Gasteiger partial charge in [0.25, 0.3) is 0 Å². The zero-order valence-electron chi connectivity index (χ0n) is 9.04. The van der Waals surface area contributed by atoms with Gasteiger partial charge in [-0.2, -0.15) is 0 Å². The summed E-state index contributed by atoms with van der Waals surface area (Å²) in [5.41, 5.74) is 6.03. The molecular weight excluding hydrogens is 274 g/mol. The smallest absolute Gasteiger partial charge is 0.0701 e. The van der Waals surface area contributed by atoms with Crippen molar-refractivity contribution in [2.75, 3.05) is 13.2 Å². The Morgan fingerprint density at radius 2 is 2.33 bits per heavy atom. The van der Waals surface area contributed by atoms with Gasteiger partial charge in [-0.1, -0.05) is 0 Å². The van der Waals surface area contributed by atoms with Crippen LogP contribution in [0.3, 0.4) is 0 Å². The van der Waals surface area contributed by atoms with Gasteiger partial charge in [0.05, 0.1) is 3.79 Å². The van der Waals surface area contributed by atoms with E-state index >= 15 is 0 Å². The van der Waals surface area contributed by atoms with Gasteiger partial charge in [0.15, 0.2) is 0 Å². The molecule has 2 N–H and O–H groups in total. The maximum Gasteiger partial charge on any atom is 0.0701 e. The Morgan fingerprint density at radius 1 is 1.53 bits per heavy atom. The Bertz CT molecular complexity index is 277. The van der Waals surface area contributed by atoms with Crippen molar-refractivity contribution >= 4 is 27.3 Å². The number of hydrogen-bond acceptors (Lipinski definition) is 3. The molecule has 0 aromatic carbocycles. The van der Waals surface area contributed by atoms with Crippen molar-refractivity contribution in [3.63, 3.8) is 0 Å². The van der Waals surface area contributed by atoms with Crippen LogP contribution in [0.4, 0.5) is 0 Å². The highest BCUT2D eigenvalue weighted by molar-refractivity contribution is 9.11. The minimum absolute atomic E-state index is 0.260. The number of thiophene rings is 1. The van der Waals surface area contributed by atoms with Crippen LogP contribution in [0.15, 0.2) is 15.9 Å². The Labute approximate surface area is 104 Å². The minimum atomic E-state index is 0.260. The molecule has 1 atom stereocenters. The average Bonchev–Trinajstić information content (AvgIpc) is 2.59. The van der Waals surface area contributed by atoms with Crippen LogP contribution in [0.25, 0.3) is 0 Å². The van der Waals surface area contributed by atoms with Crippen LogP contribution in [0, 0.1) is 0 Å². The van der Waals surface area contributed by atoms with Crippen LogP contribution < -0.4 is 5.73 Å². The molecule has 0 amide bonds. The molecule has 0 spiro atoms. The summed E-state index contributed by atoms with van der Waals surface area (Å²) in [5, 5.41) is 0. The summed E-state index contributed by atoms with van der Waals surface area (Å²) in [4.78, 5) is 1.35. The molecule has 1 heterocycles. The lowest BCUT2D eigenvalue weighted by Crippen LogP contribution is -2.22. The van der Waals surface area contributed by atoms with Crippen molar-refractivity contribution in [2.45, 2.75) is 32.2 Å². The zero-order valence-corrected chi connectivity index (χ0v) is 11.4. The Hall–Kier alpha value is 0.1000. The van der Waals surface area contributed by atoms with Gasteiger partial charge in [0, 0.05) is 24.1 Å². The van der Waals surface area contributed by atoms with E-state index in [1.54, 1.807) is 11.3 Å². The lowest BCUT2D eigenvalue weighted by atomic mass is 10.1. The van der Waals surface area contributed by atoms with E-state index in [1.165, 1.54) is 8.66 Å². The largest absolute Gasteiger partial charge is 0.382 e. The number of halogens is 1. The van der Waals surface area contributed by atoms with Crippen molar-refractivity contribution in [1.29, 1.82) is 0 Å². The van der Waals surface area contributed by atoms with E-state index in [0.717, 1.165) is 32.5 Å². The second-order valence-corrected chi connectivity index (χ2v) is 6.06. The highest BCUT2D eigenvalue weighted by atomic mass is 79.9. The summed E-state index contributed by atoms with van der Waals surface area (Å²) in [7, 11) is 0. The van der Waals surface area contributed by atoms with E-state index < -0.39 is 0 Å². The molecule has 0 aliphatic rings. The summed E-state index contributed by atoms with van der Waals surface area (Å²) in [5.74, 6) is 0. The predicted molar refractivity (Wildman–Crippen MR) is 69.4 cm³/mol. The van der Waals surface area contributed by atoms with E-state index in [1.807, 2.05) is 6.92 Å². The fourth-order valence-corrected chi connectivity index (χ4v) is 2.99. The summed E-state index contributed by atoms with van der Waals surface area (Å²) < 4.78 is 6.46. The van der Waals surface area contributed by atoms with E-state index in [2.05, 4.69) is 28.1 Å². The first-order valence-corrected chi connectivity index (χ1v) is 6.91. The molecule has 0 aliphatic carbocycles. The van der Waals surface area contributed by atoms with Gasteiger partial charge in [-0.3, -0.25) is 0 Å². The first-order chi connectivity index (χ1) is 7.22. The lowest BCUT2D eigenvalue weighted by Gasteiger charge is -2.09. The summed E-state index contributed by atoms with van der Waals surface area (Å²) in [6.07, 6.45) is 3.07. The Morgan fingerprint density at radius 3 is 2.93 bits per heavy atom. The summed E-state index contributed by atoms with van der Waals surface area (Å²) >= 11 is 5.22. The molecule has 1 aromatic rings. The zero-order chi connectivity index (χ0) is 11.1. The topological polar surface area (TPSA) is 35.2 Å². The van der Waals surface area contributed by atoms with Crippen LogP contribution in [0.5, 0.6) is 0 Å². The molecule has 0 bridgehead atoms. The monoisotopic (exact) mass is 291 g/mol. The lowest BCUT2D eigenvalue weighted by molar-refractivity contribution is 0.142. The molecular formula is C11H18BrNOS. The average molecular weight is 292 g/mol. The van der Waals surface area contributed by atoms with Crippen LogP contribution in [-0.2, 0) is 11.2 Å². The van der Waals surface area contributed by atoms with Gasteiger partial charge in [-0.05, 0) is 54.2 Å². The number of nitrogens with two attached hydrogens (primary N) is 1. The Kier molecular flexibility index (Phi) is 6.48. The van der Waals surface area contributed by atoms with Crippen molar-refractivity contribution in [1.82, 2.24) is 0 Å². The first-order valence-electron chi connectivity index (χ1n) is 5.30. The van der Waals surface area contributed by atoms with E-state index in [4.69, 9.17) is 10.5 Å². The highest BCUT2D eigenvalue weighted by Crippen LogP contribution is 2.23. The normalized spacial score (nSPS) is 13.0. The van der Waals surface area contributed by atoms with E-state index in [-0.39, 0.29) is 6.04 Å². The molecule has 0 radical (unpaired) electrons. The highest BCUT2D eigenvalue weighted by Gasteiger charge is 2.05. The quantitative estimate of drug-likeness (QED) is 0.783. The summed E-state index contributed by atoms with van der Waals surface area (Å²) in [6, 6.07) is 4.47. The van der Waals surface area contributed by atoms with Gasteiger partial charge in [-0.25, -0.2) is 0 Å². The molecule has 0 fully saturated rings.